The molecule has 0 fully saturated rings. The zero-order valence-corrected chi connectivity index (χ0v) is 19.2. The Morgan fingerprint density at radius 2 is 1.69 bits per heavy atom. The second-order valence-electron chi connectivity index (χ2n) is 8.14. The van der Waals surface area contributed by atoms with Gasteiger partial charge in [-0.1, -0.05) is 51.1 Å². The number of thiophene rings is 1. The van der Waals surface area contributed by atoms with Crippen LogP contribution in [0.25, 0.3) is 0 Å². The minimum atomic E-state index is -0.000871. The van der Waals surface area contributed by atoms with Crippen molar-refractivity contribution in [2.24, 2.45) is 5.92 Å². The van der Waals surface area contributed by atoms with Gasteiger partial charge < -0.3 is 9.80 Å². The molecule has 2 aromatic rings. The first-order valence-corrected chi connectivity index (χ1v) is 11.3. The topological polar surface area (TPSA) is 40.6 Å². The van der Waals surface area contributed by atoms with E-state index < -0.39 is 0 Å². The van der Waals surface area contributed by atoms with Crippen molar-refractivity contribution in [3.05, 3.63) is 57.8 Å². The molecule has 0 bridgehead atoms. The second-order valence-corrected chi connectivity index (χ2v) is 9.14. The van der Waals surface area contributed by atoms with E-state index in [2.05, 4.69) is 25.3 Å². The summed E-state index contributed by atoms with van der Waals surface area (Å²) in [4.78, 5) is 31.0. The summed E-state index contributed by atoms with van der Waals surface area (Å²) in [6.07, 6.45) is 1.31. The largest absolute Gasteiger partial charge is 0.332 e. The summed E-state index contributed by atoms with van der Waals surface area (Å²) in [7, 11) is 0. The molecule has 1 aromatic heterocycles. The molecular weight excluding hydrogens is 380 g/mol. The number of aryl methyl sites for hydroxylation is 1. The highest BCUT2D eigenvalue weighted by molar-refractivity contribution is 7.10. The van der Waals surface area contributed by atoms with E-state index in [1.54, 1.807) is 16.2 Å². The second kappa shape index (κ2) is 11.1. The molecule has 0 aliphatic carbocycles. The lowest BCUT2D eigenvalue weighted by Gasteiger charge is -2.32. The van der Waals surface area contributed by atoms with E-state index in [0.29, 0.717) is 19.5 Å². The van der Waals surface area contributed by atoms with Gasteiger partial charge in [0.1, 0.15) is 6.54 Å². The van der Waals surface area contributed by atoms with E-state index in [1.807, 2.05) is 56.0 Å². The lowest BCUT2D eigenvalue weighted by atomic mass is 10.1. The van der Waals surface area contributed by atoms with Crippen LogP contribution in [0.15, 0.2) is 41.8 Å². The maximum Gasteiger partial charge on any atom is 0.242 e. The van der Waals surface area contributed by atoms with E-state index in [0.717, 1.165) is 12.0 Å². The average Bonchev–Trinajstić information content (AvgIpc) is 3.09. The van der Waals surface area contributed by atoms with E-state index in [9.17, 15) is 9.59 Å². The lowest BCUT2D eigenvalue weighted by Crippen LogP contribution is -2.46. The van der Waals surface area contributed by atoms with Gasteiger partial charge in [-0.2, -0.15) is 0 Å². The van der Waals surface area contributed by atoms with Gasteiger partial charge in [-0.05, 0) is 48.8 Å². The molecule has 0 spiro atoms. The van der Waals surface area contributed by atoms with E-state index >= 15 is 0 Å². The highest BCUT2D eigenvalue weighted by Gasteiger charge is 2.25. The molecule has 0 aliphatic rings. The van der Waals surface area contributed by atoms with Gasteiger partial charge in [0.2, 0.25) is 11.8 Å². The van der Waals surface area contributed by atoms with Crippen LogP contribution in [0.3, 0.4) is 0 Å². The molecule has 0 radical (unpaired) electrons. The van der Waals surface area contributed by atoms with Crippen molar-refractivity contribution < 1.29 is 9.59 Å². The minimum absolute atomic E-state index is 0.000871. The molecule has 0 saturated carbocycles. The fraction of sp³-hybridized carbons (Fsp3) is 0.500. The Labute approximate surface area is 179 Å². The molecule has 1 aromatic carbocycles. The smallest absolute Gasteiger partial charge is 0.242 e. The maximum absolute atomic E-state index is 13.3. The van der Waals surface area contributed by atoms with Crippen molar-refractivity contribution >= 4 is 23.2 Å². The predicted octanol–water partition coefficient (Wildman–Crippen LogP) is 5.26. The first-order chi connectivity index (χ1) is 13.8. The van der Waals surface area contributed by atoms with E-state index in [1.165, 1.54) is 10.4 Å². The Morgan fingerprint density at radius 3 is 2.24 bits per heavy atom. The van der Waals surface area contributed by atoms with E-state index in [4.69, 9.17) is 0 Å². The molecule has 1 heterocycles. The highest BCUT2D eigenvalue weighted by Crippen LogP contribution is 2.20. The normalized spacial score (nSPS) is 12.1. The van der Waals surface area contributed by atoms with Gasteiger partial charge in [-0.15, -0.1) is 11.3 Å². The van der Waals surface area contributed by atoms with Crippen LogP contribution in [0.4, 0.5) is 0 Å². The number of carbonyl (C=O) groups is 2. The number of hydrogen-bond acceptors (Lipinski definition) is 3. The third-order valence-corrected chi connectivity index (χ3v) is 6.21. The van der Waals surface area contributed by atoms with Gasteiger partial charge >= 0.3 is 0 Å². The highest BCUT2D eigenvalue weighted by atomic mass is 32.1. The van der Waals surface area contributed by atoms with Gasteiger partial charge in [0.15, 0.2) is 0 Å². The first kappa shape index (κ1) is 23.1. The average molecular weight is 415 g/mol. The van der Waals surface area contributed by atoms with Crippen LogP contribution in [-0.2, 0) is 22.7 Å². The van der Waals surface area contributed by atoms with Crippen LogP contribution >= 0.6 is 11.3 Å². The Morgan fingerprint density at radius 1 is 1.00 bits per heavy atom. The first-order valence-electron chi connectivity index (χ1n) is 10.5. The summed E-state index contributed by atoms with van der Waals surface area (Å²) in [6, 6.07) is 12.2. The predicted molar refractivity (Wildman–Crippen MR) is 121 cm³/mol. The summed E-state index contributed by atoms with van der Waals surface area (Å²) < 4.78 is 0. The molecule has 1 atom stereocenters. The molecule has 4 nitrogen and oxygen atoms in total. The molecule has 2 amide bonds. The summed E-state index contributed by atoms with van der Waals surface area (Å²) in [5.74, 6) is 0.340. The molecule has 29 heavy (non-hydrogen) atoms. The number of amides is 2. The zero-order valence-electron chi connectivity index (χ0n) is 18.4. The van der Waals surface area contributed by atoms with Crippen LogP contribution in [0.1, 0.15) is 56.5 Å². The summed E-state index contributed by atoms with van der Waals surface area (Å²) in [5.41, 5.74) is 2.30. The van der Waals surface area contributed by atoms with Crippen LogP contribution in [-0.4, -0.2) is 34.2 Å². The Kier molecular flexibility index (Phi) is 8.90. The monoisotopic (exact) mass is 414 g/mol. The van der Waals surface area contributed by atoms with Gasteiger partial charge in [0.05, 0.1) is 6.54 Å². The number of carbonyl (C=O) groups excluding carboxylic acids is 2. The van der Waals surface area contributed by atoms with Crippen molar-refractivity contribution in [2.45, 2.75) is 66.6 Å². The molecule has 158 valence electrons. The van der Waals surface area contributed by atoms with E-state index in [-0.39, 0.29) is 30.3 Å². The van der Waals surface area contributed by atoms with Crippen LogP contribution in [0.2, 0.25) is 0 Å². The number of nitrogens with zero attached hydrogens (tertiary/aromatic N) is 2. The van der Waals surface area contributed by atoms with Crippen LogP contribution < -0.4 is 0 Å². The van der Waals surface area contributed by atoms with Gasteiger partial charge in [0, 0.05) is 23.9 Å². The van der Waals surface area contributed by atoms with Gasteiger partial charge in [0.25, 0.3) is 0 Å². The summed E-state index contributed by atoms with van der Waals surface area (Å²) >= 11 is 1.68. The number of benzene rings is 1. The summed E-state index contributed by atoms with van der Waals surface area (Å²) in [5, 5.41) is 2.06. The molecule has 0 unspecified atom stereocenters. The van der Waals surface area contributed by atoms with Crippen molar-refractivity contribution in [1.29, 1.82) is 0 Å². The van der Waals surface area contributed by atoms with Crippen LogP contribution in [0, 0.1) is 12.8 Å². The van der Waals surface area contributed by atoms with Gasteiger partial charge in [-0.3, -0.25) is 9.59 Å². The van der Waals surface area contributed by atoms with Crippen molar-refractivity contribution in [2.75, 3.05) is 6.54 Å². The van der Waals surface area contributed by atoms with Crippen LogP contribution in [0.5, 0.6) is 0 Å². The standard InChI is InChI=1S/C24H34N2O2S/c1-6-20(5)26(23(27)14-18(2)3)17-24(28)25(15-21-10-8-7-9-11-21)16-22-19(4)12-13-29-22/h7-13,18,20H,6,14-17H2,1-5H3/t20-/m0/s1. The molecule has 2 rings (SSSR count). The molecule has 0 aliphatic heterocycles. The molecular formula is C24H34N2O2S. The summed E-state index contributed by atoms with van der Waals surface area (Å²) in [6.45, 7) is 11.5. The molecule has 0 saturated heterocycles. The van der Waals surface area contributed by atoms with Gasteiger partial charge in [-0.25, -0.2) is 0 Å². The van der Waals surface area contributed by atoms with Crippen molar-refractivity contribution in [3.8, 4) is 0 Å². The fourth-order valence-electron chi connectivity index (χ4n) is 3.20. The van der Waals surface area contributed by atoms with Crippen molar-refractivity contribution in [1.82, 2.24) is 9.80 Å². The number of rotatable bonds is 10. The SMILES string of the molecule is CC[C@H](C)N(CC(=O)N(Cc1ccccc1)Cc1sccc1C)C(=O)CC(C)C. The number of hydrogen-bond donors (Lipinski definition) is 0. The maximum atomic E-state index is 13.3. The Hall–Kier alpha value is -2.14. The Bertz CT molecular complexity index is 785. The third-order valence-electron chi connectivity index (χ3n) is 5.20. The van der Waals surface area contributed by atoms with Crippen molar-refractivity contribution in [3.63, 3.8) is 0 Å². The lowest BCUT2D eigenvalue weighted by molar-refractivity contribution is -0.143. The zero-order chi connectivity index (χ0) is 21.4. The molecule has 5 heteroatoms. The minimum Gasteiger partial charge on any atom is -0.332 e. The molecule has 0 N–H and O–H groups in total. The quantitative estimate of drug-likeness (QED) is 0.532. The third kappa shape index (κ3) is 7.00. The fourth-order valence-corrected chi connectivity index (χ4v) is 4.12. The Balaban J connectivity index is 2.21.